The molecule has 0 radical (unpaired) electrons. The fraction of sp³-hybridized carbons (Fsp3) is 0.889. The number of aliphatic hydroxyl groups is 1. The molecule has 3 saturated carbocycles. The summed E-state index contributed by atoms with van der Waals surface area (Å²) in [6.45, 7) is 2.08. The van der Waals surface area contributed by atoms with Crippen molar-refractivity contribution in [3.05, 3.63) is 0 Å². The van der Waals surface area contributed by atoms with Crippen LogP contribution in [-0.2, 0) is 0 Å². The molecule has 4 atom stereocenters. The number of fused-ring (bicyclic) bond motifs is 2. The molecule has 0 heterocycles. The highest BCUT2D eigenvalue weighted by atomic mass is 16.4. The summed E-state index contributed by atoms with van der Waals surface area (Å²) < 4.78 is 0. The molecule has 0 aromatic carbocycles. The van der Waals surface area contributed by atoms with E-state index in [1.165, 1.54) is 0 Å². The highest BCUT2D eigenvalue weighted by Gasteiger charge is 2.56. The second-order valence-electron chi connectivity index (χ2n) is 4.29. The second-order valence-corrected chi connectivity index (χ2v) is 4.29. The van der Waals surface area contributed by atoms with E-state index < -0.39 is 0 Å². The summed E-state index contributed by atoms with van der Waals surface area (Å²) in [5, 5.41) is 21.2. The zero-order chi connectivity index (χ0) is 8.77. The van der Waals surface area contributed by atoms with E-state index in [0.29, 0.717) is 11.8 Å². The van der Waals surface area contributed by atoms with E-state index in [4.69, 9.17) is 5.21 Å². The predicted octanol–water partition coefficient (Wildman–Crippen LogP) is 1.24. The maximum atomic E-state index is 9.63. The van der Waals surface area contributed by atoms with Gasteiger partial charge in [0, 0.05) is 5.41 Å². The van der Waals surface area contributed by atoms with Gasteiger partial charge < -0.3 is 10.3 Å². The lowest BCUT2D eigenvalue weighted by Crippen LogP contribution is -2.57. The number of hydrogen-bond acceptors (Lipinski definition) is 3. The molecule has 3 fully saturated rings. The third kappa shape index (κ3) is 0.829. The van der Waals surface area contributed by atoms with Crippen LogP contribution in [0.25, 0.3) is 0 Å². The Hall–Kier alpha value is -0.570. The molecule has 0 aromatic rings. The third-order valence-electron chi connectivity index (χ3n) is 3.83. The quantitative estimate of drug-likeness (QED) is 0.352. The largest absolute Gasteiger partial charge is 0.411 e. The molecule has 3 heteroatoms. The lowest BCUT2D eigenvalue weighted by Gasteiger charge is -2.58. The van der Waals surface area contributed by atoms with Crippen LogP contribution >= 0.6 is 0 Å². The van der Waals surface area contributed by atoms with Crippen LogP contribution in [0.3, 0.4) is 0 Å². The van der Waals surface area contributed by atoms with Crippen LogP contribution in [0.15, 0.2) is 5.16 Å². The minimum absolute atomic E-state index is 0.0353. The Balaban J connectivity index is 2.18. The molecule has 3 nitrogen and oxygen atoms in total. The lowest BCUT2D eigenvalue weighted by atomic mass is 9.47. The first-order valence-electron chi connectivity index (χ1n) is 4.55. The molecule has 0 aliphatic heterocycles. The van der Waals surface area contributed by atoms with Crippen LogP contribution in [0.1, 0.15) is 26.2 Å². The van der Waals surface area contributed by atoms with Gasteiger partial charge in [-0.15, -0.1) is 5.16 Å². The van der Waals surface area contributed by atoms with E-state index in [1.54, 1.807) is 6.21 Å². The van der Waals surface area contributed by atoms with Gasteiger partial charge in [0.1, 0.15) is 0 Å². The lowest BCUT2D eigenvalue weighted by molar-refractivity contribution is -0.109. The summed E-state index contributed by atoms with van der Waals surface area (Å²) in [6.07, 6.45) is 4.51. The molecule has 2 bridgehead atoms. The van der Waals surface area contributed by atoms with Gasteiger partial charge in [0.2, 0.25) is 0 Å². The summed E-state index contributed by atoms with van der Waals surface area (Å²) in [4.78, 5) is 0. The monoisotopic (exact) mass is 169 g/mol. The number of rotatable bonds is 1. The van der Waals surface area contributed by atoms with Gasteiger partial charge in [0.15, 0.2) is 0 Å². The fourth-order valence-electron chi connectivity index (χ4n) is 2.86. The van der Waals surface area contributed by atoms with Crippen molar-refractivity contribution < 1.29 is 10.3 Å². The highest BCUT2D eigenvalue weighted by molar-refractivity contribution is 5.67. The Bertz CT molecular complexity index is 215. The first kappa shape index (κ1) is 8.05. The van der Waals surface area contributed by atoms with E-state index in [-0.39, 0.29) is 11.5 Å². The zero-order valence-electron chi connectivity index (χ0n) is 7.27. The van der Waals surface area contributed by atoms with Crippen LogP contribution in [-0.4, -0.2) is 22.6 Å². The van der Waals surface area contributed by atoms with Crippen LogP contribution in [0.5, 0.6) is 0 Å². The van der Waals surface area contributed by atoms with Gasteiger partial charge in [0.05, 0.1) is 12.3 Å². The smallest absolute Gasteiger partial charge is 0.0577 e. The van der Waals surface area contributed by atoms with Crippen molar-refractivity contribution in [1.82, 2.24) is 0 Å². The fourth-order valence-corrected chi connectivity index (χ4v) is 2.86. The van der Waals surface area contributed by atoms with Crippen molar-refractivity contribution in [2.24, 2.45) is 22.4 Å². The summed E-state index contributed by atoms with van der Waals surface area (Å²) in [6, 6.07) is 0. The number of hydrogen-bond donors (Lipinski definition) is 2. The van der Waals surface area contributed by atoms with E-state index in [9.17, 15) is 5.11 Å². The van der Waals surface area contributed by atoms with Gasteiger partial charge in [-0.2, -0.15) is 0 Å². The van der Waals surface area contributed by atoms with Gasteiger partial charge in [-0.3, -0.25) is 0 Å². The topological polar surface area (TPSA) is 52.8 Å². The van der Waals surface area contributed by atoms with E-state index in [2.05, 4.69) is 12.1 Å². The molecular formula is C9H15NO2. The minimum Gasteiger partial charge on any atom is -0.411 e. The van der Waals surface area contributed by atoms with Crippen molar-refractivity contribution in [2.75, 3.05) is 0 Å². The summed E-state index contributed by atoms with van der Waals surface area (Å²) in [7, 11) is 0. The van der Waals surface area contributed by atoms with Gasteiger partial charge >= 0.3 is 0 Å². The molecule has 0 saturated heterocycles. The summed E-state index contributed by atoms with van der Waals surface area (Å²) >= 11 is 0. The average Bonchev–Trinajstić information content (AvgIpc) is 2.04. The molecule has 3 rings (SSSR count). The average molecular weight is 169 g/mol. The van der Waals surface area contributed by atoms with Crippen molar-refractivity contribution in [2.45, 2.75) is 32.3 Å². The predicted molar refractivity (Wildman–Crippen MR) is 45.2 cm³/mol. The van der Waals surface area contributed by atoms with Gasteiger partial charge in [0.25, 0.3) is 0 Å². The van der Waals surface area contributed by atoms with E-state index in [0.717, 1.165) is 19.3 Å². The Morgan fingerprint density at radius 1 is 1.50 bits per heavy atom. The van der Waals surface area contributed by atoms with Crippen molar-refractivity contribution >= 4 is 6.21 Å². The Kier molecular flexibility index (Phi) is 1.65. The van der Waals surface area contributed by atoms with E-state index in [1.807, 2.05) is 0 Å². The molecule has 0 amide bonds. The van der Waals surface area contributed by atoms with E-state index >= 15 is 0 Å². The Labute approximate surface area is 72.1 Å². The molecule has 0 aromatic heterocycles. The molecule has 2 N–H and O–H groups in total. The van der Waals surface area contributed by atoms with Crippen molar-refractivity contribution in [3.8, 4) is 0 Å². The summed E-state index contributed by atoms with van der Waals surface area (Å²) in [5.41, 5.74) is -0.0353. The molecule has 3 aliphatic rings. The van der Waals surface area contributed by atoms with Crippen molar-refractivity contribution in [3.63, 3.8) is 0 Å². The first-order valence-corrected chi connectivity index (χ1v) is 4.55. The SMILES string of the molecule is CC1(/C=N/O)C2CCC(O)C1C2. The summed E-state index contributed by atoms with van der Waals surface area (Å²) in [5.74, 6) is 0.953. The first-order chi connectivity index (χ1) is 5.68. The maximum Gasteiger partial charge on any atom is 0.0577 e. The van der Waals surface area contributed by atoms with Crippen LogP contribution < -0.4 is 0 Å². The molecular weight excluding hydrogens is 154 g/mol. The van der Waals surface area contributed by atoms with Gasteiger partial charge in [-0.1, -0.05) is 6.92 Å². The Morgan fingerprint density at radius 2 is 2.25 bits per heavy atom. The highest BCUT2D eigenvalue weighted by Crippen LogP contribution is 2.58. The molecule has 0 spiro atoms. The van der Waals surface area contributed by atoms with Gasteiger partial charge in [-0.25, -0.2) is 0 Å². The standard InChI is InChI=1S/C9H15NO2/c1-9(5-10-12)6-2-3-8(11)7(9)4-6/h5-8,11-12H,2-4H2,1H3/b10-5+. The maximum absolute atomic E-state index is 9.63. The normalized spacial score (nSPS) is 52.3. The van der Waals surface area contributed by atoms with Crippen LogP contribution in [0.4, 0.5) is 0 Å². The van der Waals surface area contributed by atoms with Gasteiger partial charge in [-0.05, 0) is 31.1 Å². The molecule has 3 aliphatic carbocycles. The number of nitrogens with zero attached hydrogens (tertiary/aromatic N) is 1. The third-order valence-corrected chi connectivity index (χ3v) is 3.83. The van der Waals surface area contributed by atoms with Crippen LogP contribution in [0, 0.1) is 17.3 Å². The molecule has 12 heavy (non-hydrogen) atoms. The second kappa shape index (κ2) is 2.46. The van der Waals surface area contributed by atoms with Crippen molar-refractivity contribution in [1.29, 1.82) is 0 Å². The molecule has 4 unspecified atom stereocenters. The minimum atomic E-state index is -0.182. The number of aliphatic hydroxyl groups excluding tert-OH is 1. The van der Waals surface area contributed by atoms with Crippen LogP contribution in [0.2, 0.25) is 0 Å². The Morgan fingerprint density at radius 3 is 2.75 bits per heavy atom. The molecule has 68 valence electrons. The zero-order valence-corrected chi connectivity index (χ0v) is 7.27. The number of oxime groups is 1.